The van der Waals surface area contributed by atoms with E-state index in [-0.39, 0.29) is 29.2 Å². The van der Waals surface area contributed by atoms with Crippen LogP contribution in [0.3, 0.4) is 0 Å². The van der Waals surface area contributed by atoms with Gasteiger partial charge in [-0.25, -0.2) is 8.78 Å². The standard InChI is InChI=1S/C21H14F2N2O5/c1-24-17-8-11(2-5-14(17)20(26)21(24)27)15-10-13(25(28)29)4-7-18(15)30-19-6-3-12(22)9-16(19)23/h2-4,6-10,14H,5H2,1H3. The molecule has 2 aromatic rings. The van der Waals surface area contributed by atoms with Crippen LogP contribution in [0.4, 0.5) is 14.5 Å². The number of allylic oxidation sites excluding steroid dienone is 4. The number of fused-ring (bicyclic) bond motifs is 1. The fraction of sp³-hybridized carbons (Fsp3) is 0.143. The number of rotatable bonds is 4. The first-order valence-corrected chi connectivity index (χ1v) is 8.91. The van der Waals surface area contributed by atoms with Crippen LogP contribution < -0.4 is 4.74 Å². The molecule has 1 fully saturated rings. The van der Waals surface area contributed by atoms with E-state index in [2.05, 4.69) is 0 Å². The molecule has 0 radical (unpaired) electrons. The molecule has 2 aromatic carbocycles. The average Bonchev–Trinajstić information content (AvgIpc) is 2.94. The highest BCUT2D eigenvalue weighted by Crippen LogP contribution is 2.40. The molecule has 4 rings (SSSR count). The van der Waals surface area contributed by atoms with Gasteiger partial charge in [0.05, 0.1) is 10.8 Å². The van der Waals surface area contributed by atoms with Crippen LogP contribution in [0, 0.1) is 27.7 Å². The van der Waals surface area contributed by atoms with E-state index >= 15 is 0 Å². The summed E-state index contributed by atoms with van der Waals surface area (Å²) in [6.45, 7) is 0. The topological polar surface area (TPSA) is 89.8 Å². The molecule has 1 aliphatic carbocycles. The molecule has 7 nitrogen and oxygen atoms in total. The molecule has 1 heterocycles. The van der Waals surface area contributed by atoms with Crippen molar-refractivity contribution in [3.05, 3.63) is 81.6 Å². The molecule has 1 saturated heterocycles. The molecule has 0 aromatic heterocycles. The number of nitro benzene ring substituents is 1. The van der Waals surface area contributed by atoms with Crippen LogP contribution in [-0.2, 0) is 9.59 Å². The molecule has 30 heavy (non-hydrogen) atoms. The van der Waals surface area contributed by atoms with E-state index in [0.717, 1.165) is 12.1 Å². The zero-order valence-electron chi connectivity index (χ0n) is 15.6. The van der Waals surface area contributed by atoms with Gasteiger partial charge in [0.15, 0.2) is 11.6 Å². The quantitative estimate of drug-likeness (QED) is 0.430. The number of Topliss-reactive ketones (excluding diaryl/α,β-unsaturated/α-hetero) is 1. The molecule has 9 heteroatoms. The number of likely N-dealkylation sites (N-methyl/N-ethyl adjacent to an activating group) is 1. The molecule has 0 saturated carbocycles. The lowest BCUT2D eigenvalue weighted by Crippen LogP contribution is -2.21. The summed E-state index contributed by atoms with van der Waals surface area (Å²) in [5.41, 5.74) is 1.02. The number of likely N-dealkylation sites (tertiary alicyclic amines) is 1. The van der Waals surface area contributed by atoms with Crippen LogP contribution in [0.15, 0.2) is 54.2 Å². The number of carbonyl (C=O) groups excluding carboxylic acids is 2. The summed E-state index contributed by atoms with van der Waals surface area (Å²) in [7, 11) is 1.48. The Morgan fingerprint density at radius 3 is 2.57 bits per heavy atom. The molecule has 0 bridgehead atoms. The van der Waals surface area contributed by atoms with E-state index < -0.39 is 34.2 Å². The lowest BCUT2D eigenvalue weighted by atomic mass is 9.89. The van der Waals surface area contributed by atoms with E-state index in [0.29, 0.717) is 17.3 Å². The Morgan fingerprint density at radius 1 is 1.13 bits per heavy atom. The minimum Gasteiger partial charge on any atom is -0.454 e. The van der Waals surface area contributed by atoms with E-state index in [1.54, 1.807) is 12.2 Å². The molecule has 152 valence electrons. The van der Waals surface area contributed by atoms with E-state index in [1.165, 1.54) is 30.1 Å². The largest absolute Gasteiger partial charge is 0.454 e. The highest BCUT2D eigenvalue weighted by Gasteiger charge is 2.42. The van der Waals surface area contributed by atoms with Gasteiger partial charge in [0.25, 0.3) is 11.6 Å². The Hall–Kier alpha value is -3.88. The van der Waals surface area contributed by atoms with Crippen molar-refractivity contribution in [3.63, 3.8) is 0 Å². The summed E-state index contributed by atoms with van der Waals surface area (Å²) in [4.78, 5) is 35.9. The van der Waals surface area contributed by atoms with E-state index in [4.69, 9.17) is 4.74 Å². The predicted molar refractivity (Wildman–Crippen MR) is 101 cm³/mol. The van der Waals surface area contributed by atoms with Crippen molar-refractivity contribution in [2.75, 3.05) is 7.05 Å². The van der Waals surface area contributed by atoms with Crippen LogP contribution in [-0.4, -0.2) is 28.6 Å². The van der Waals surface area contributed by atoms with Gasteiger partial charge in [0, 0.05) is 36.5 Å². The number of hydrogen-bond acceptors (Lipinski definition) is 5. The highest BCUT2D eigenvalue weighted by molar-refractivity contribution is 6.40. The first-order chi connectivity index (χ1) is 14.3. The van der Waals surface area contributed by atoms with Crippen molar-refractivity contribution in [3.8, 4) is 11.5 Å². The van der Waals surface area contributed by atoms with Gasteiger partial charge in [-0.05, 0) is 36.3 Å². The summed E-state index contributed by atoms with van der Waals surface area (Å²) in [6, 6.07) is 6.59. The number of amides is 1. The number of nitrogens with zero attached hydrogens (tertiary/aromatic N) is 2. The van der Waals surface area contributed by atoms with Crippen molar-refractivity contribution >= 4 is 23.0 Å². The summed E-state index contributed by atoms with van der Waals surface area (Å²) >= 11 is 0. The van der Waals surface area contributed by atoms with Gasteiger partial charge in [-0.15, -0.1) is 0 Å². The van der Waals surface area contributed by atoms with Crippen molar-refractivity contribution in [2.45, 2.75) is 6.42 Å². The van der Waals surface area contributed by atoms with Crippen molar-refractivity contribution in [1.82, 2.24) is 4.90 Å². The van der Waals surface area contributed by atoms with E-state index in [1.807, 2.05) is 0 Å². The van der Waals surface area contributed by atoms with Gasteiger partial charge in [-0.1, -0.05) is 6.08 Å². The molecular formula is C21H14F2N2O5. The van der Waals surface area contributed by atoms with Gasteiger partial charge in [-0.3, -0.25) is 19.7 Å². The van der Waals surface area contributed by atoms with E-state index in [9.17, 15) is 28.5 Å². The number of nitro groups is 1. The fourth-order valence-electron chi connectivity index (χ4n) is 3.50. The third-order valence-electron chi connectivity index (χ3n) is 5.05. The van der Waals surface area contributed by atoms with Crippen molar-refractivity contribution < 1.29 is 28.0 Å². The first kappa shape index (κ1) is 19.4. The third-order valence-corrected chi connectivity index (χ3v) is 5.05. The Morgan fingerprint density at radius 2 is 1.87 bits per heavy atom. The summed E-state index contributed by atoms with van der Waals surface area (Å²) in [5, 5.41) is 11.2. The number of non-ortho nitro benzene ring substituents is 1. The van der Waals surface area contributed by atoms with Crippen LogP contribution >= 0.6 is 0 Å². The van der Waals surface area contributed by atoms with Crippen LogP contribution in [0.25, 0.3) is 5.57 Å². The fourth-order valence-corrected chi connectivity index (χ4v) is 3.50. The second-order valence-corrected chi connectivity index (χ2v) is 6.86. The zero-order valence-corrected chi connectivity index (χ0v) is 15.6. The lowest BCUT2D eigenvalue weighted by molar-refractivity contribution is -0.384. The molecular weight excluding hydrogens is 398 g/mol. The number of benzene rings is 2. The van der Waals surface area contributed by atoms with Crippen LogP contribution in [0.1, 0.15) is 12.0 Å². The maximum absolute atomic E-state index is 14.0. The van der Waals surface area contributed by atoms with Crippen LogP contribution in [0.5, 0.6) is 11.5 Å². The number of ketones is 1. The van der Waals surface area contributed by atoms with Crippen LogP contribution in [0.2, 0.25) is 0 Å². The molecule has 2 aliphatic rings. The number of hydrogen-bond donors (Lipinski definition) is 0. The number of halogens is 2. The molecule has 0 spiro atoms. The van der Waals surface area contributed by atoms with Crippen molar-refractivity contribution in [2.24, 2.45) is 5.92 Å². The Labute approximate surface area is 169 Å². The van der Waals surface area contributed by atoms with Gasteiger partial charge in [0.2, 0.25) is 5.78 Å². The molecule has 1 amide bonds. The first-order valence-electron chi connectivity index (χ1n) is 8.91. The summed E-state index contributed by atoms with van der Waals surface area (Å²) in [5.74, 6) is -3.57. The molecule has 0 N–H and O–H groups in total. The molecule has 1 aliphatic heterocycles. The van der Waals surface area contributed by atoms with Gasteiger partial charge in [0.1, 0.15) is 11.6 Å². The van der Waals surface area contributed by atoms with Gasteiger partial charge < -0.3 is 9.64 Å². The Balaban J connectivity index is 1.78. The Bertz CT molecular complexity index is 1170. The second-order valence-electron chi connectivity index (χ2n) is 6.86. The summed E-state index contributed by atoms with van der Waals surface area (Å²) < 4.78 is 32.8. The minimum atomic E-state index is -0.929. The predicted octanol–water partition coefficient (Wildman–Crippen LogP) is 3.99. The third kappa shape index (κ3) is 3.24. The highest BCUT2D eigenvalue weighted by atomic mass is 19.1. The van der Waals surface area contributed by atoms with Gasteiger partial charge in [-0.2, -0.15) is 0 Å². The zero-order chi connectivity index (χ0) is 21.6. The van der Waals surface area contributed by atoms with Crippen molar-refractivity contribution in [1.29, 1.82) is 0 Å². The second kappa shape index (κ2) is 7.18. The minimum absolute atomic E-state index is 0.103. The van der Waals surface area contributed by atoms with Gasteiger partial charge >= 0.3 is 0 Å². The summed E-state index contributed by atoms with van der Waals surface area (Å²) in [6.07, 6.45) is 3.50. The monoisotopic (exact) mass is 412 g/mol. The number of carbonyl (C=O) groups is 2. The molecule has 1 atom stereocenters. The number of ether oxygens (including phenoxy) is 1. The SMILES string of the molecule is CN1C(=O)C(=O)C2CC=C(c3cc([N+](=O)[O-])ccc3Oc3ccc(F)cc3F)C=C21. The normalized spacial score (nSPS) is 18.1. The average molecular weight is 412 g/mol. The maximum Gasteiger partial charge on any atom is 0.294 e. The smallest absolute Gasteiger partial charge is 0.294 e. The maximum atomic E-state index is 14.0. The lowest BCUT2D eigenvalue weighted by Gasteiger charge is -2.20. The Kier molecular flexibility index (Phi) is 4.65. The molecule has 1 unspecified atom stereocenters.